The number of hydrogen-bond acceptors (Lipinski definition) is 1. The van der Waals surface area contributed by atoms with Crippen LogP contribution in [-0.4, -0.2) is 6.29 Å². The van der Waals surface area contributed by atoms with Gasteiger partial charge in [0.1, 0.15) is 6.29 Å². The zero-order valence-corrected chi connectivity index (χ0v) is 11.4. The zero-order chi connectivity index (χ0) is 12.6. The third kappa shape index (κ3) is 15.1. The molecule has 0 heterocycles. The van der Waals surface area contributed by atoms with Gasteiger partial charge >= 0.3 is 0 Å². The van der Waals surface area contributed by atoms with Crippen molar-refractivity contribution in [2.45, 2.75) is 71.1 Å². The highest BCUT2D eigenvalue weighted by atomic mass is 16.1. The van der Waals surface area contributed by atoms with Gasteiger partial charge in [0.2, 0.25) is 0 Å². The van der Waals surface area contributed by atoms with E-state index in [4.69, 9.17) is 0 Å². The van der Waals surface area contributed by atoms with E-state index in [1.54, 1.807) is 6.08 Å². The Hall–Kier alpha value is -0.850. The summed E-state index contributed by atoms with van der Waals surface area (Å²) < 4.78 is 0. The van der Waals surface area contributed by atoms with Gasteiger partial charge in [-0.3, -0.25) is 4.79 Å². The predicted octanol–water partition coefficient (Wildman–Crippen LogP) is 5.22. The lowest BCUT2D eigenvalue weighted by molar-refractivity contribution is -0.104. The van der Waals surface area contributed by atoms with Crippen molar-refractivity contribution in [3.8, 4) is 0 Å². The maximum Gasteiger partial charge on any atom is 0.142 e. The van der Waals surface area contributed by atoms with Crippen LogP contribution in [0, 0.1) is 0 Å². The molecule has 0 unspecified atom stereocenters. The Bertz CT molecular complexity index is 204. The Morgan fingerprint density at radius 3 is 1.82 bits per heavy atom. The fourth-order valence-electron chi connectivity index (χ4n) is 1.79. The Balaban J connectivity index is 3.03. The van der Waals surface area contributed by atoms with Crippen LogP contribution in [0.25, 0.3) is 0 Å². The highest BCUT2D eigenvalue weighted by Gasteiger charge is 1.89. The first-order valence-electron chi connectivity index (χ1n) is 7.17. The van der Waals surface area contributed by atoms with E-state index < -0.39 is 0 Å². The molecule has 0 rings (SSSR count). The summed E-state index contributed by atoms with van der Waals surface area (Å²) in [7, 11) is 0. The summed E-state index contributed by atoms with van der Waals surface area (Å²) in [4.78, 5) is 10.0. The summed E-state index contributed by atoms with van der Waals surface area (Å²) in [5.74, 6) is 0. The van der Waals surface area contributed by atoms with Gasteiger partial charge in [-0.25, -0.2) is 0 Å². The number of allylic oxidation sites excluding steroid dienone is 4. The molecule has 0 aromatic heterocycles. The molecule has 17 heavy (non-hydrogen) atoms. The molecule has 0 aromatic carbocycles. The van der Waals surface area contributed by atoms with Crippen molar-refractivity contribution in [3.63, 3.8) is 0 Å². The van der Waals surface area contributed by atoms with Crippen molar-refractivity contribution in [3.05, 3.63) is 24.3 Å². The van der Waals surface area contributed by atoms with Crippen LogP contribution in [0.4, 0.5) is 0 Å². The molecule has 98 valence electrons. The molecule has 0 saturated carbocycles. The molecule has 0 atom stereocenters. The highest BCUT2D eigenvalue weighted by molar-refractivity contribution is 5.64. The van der Waals surface area contributed by atoms with Gasteiger partial charge in [0, 0.05) is 0 Å². The van der Waals surface area contributed by atoms with Crippen molar-refractivity contribution in [2.75, 3.05) is 0 Å². The SMILES string of the molecule is CCCC=CCCCCCCCCC=CC=O. The van der Waals surface area contributed by atoms with Crippen LogP contribution in [0.15, 0.2) is 24.3 Å². The average Bonchev–Trinajstić information content (AvgIpc) is 2.35. The molecule has 0 aliphatic carbocycles. The molecule has 0 saturated heterocycles. The van der Waals surface area contributed by atoms with Crippen molar-refractivity contribution >= 4 is 6.29 Å². The fourth-order valence-corrected chi connectivity index (χ4v) is 1.79. The first-order valence-corrected chi connectivity index (χ1v) is 7.17. The second-order valence-electron chi connectivity index (χ2n) is 4.52. The fraction of sp³-hybridized carbons (Fsp3) is 0.688. The number of carbonyl (C=O) groups is 1. The standard InChI is InChI=1S/C16H28O/c1-2-3-4-5-6-7-8-9-10-11-12-13-14-15-16-17/h4-5,14-16H,2-3,6-13H2,1H3. The smallest absolute Gasteiger partial charge is 0.142 e. The number of carbonyl (C=O) groups excluding carboxylic acids is 1. The van der Waals surface area contributed by atoms with E-state index in [9.17, 15) is 4.79 Å². The van der Waals surface area contributed by atoms with E-state index >= 15 is 0 Å². The summed E-state index contributed by atoms with van der Waals surface area (Å²) in [5.41, 5.74) is 0. The van der Waals surface area contributed by atoms with Crippen LogP contribution >= 0.6 is 0 Å². The lowest BCUT2D eigenvalue weighted by Gasteiger charge is -1.99. The molecular weight excluding hydrogens is 208 g/mol. The average molecular weight is 236 g/mol. The molecule has 0 amide bonds. The van der Waals surface area contributed by atoms with E-state index in [1.807, 2.05) is 6.08 Å². The summed E-state index contributed by atoms with van der Waals surface area (Å²) in [6, 6.07) is 0. The molecular formula is C16H28O. The van der Waals surface area contributed by atoms with E-state index in [-0.39, 0.29) is 0 Å². The van der Waals surface area contributed by atoms with Gasteiger partial charge in [0.25, 0.3) is 0 Å². The van der Waals surface area contributed by atoms with E-state index in [0.717, 1.165) is 12.7 Å². The lowest BCUT2D eigenvalue weighted by Crippen LogP contribution is -1.79. The molecule has 0 aliphatic heterocycles. The van der Waals surface area contributed by atoms with E-state index in [0.29, 0.717) is 0 Å². The normalized spacial score (nSPS) is 11.6. The van der Waals surface area contributed by atoms with E-state index in [2.05, 4.69) is 19.1 Å². The molecule has 0 spiro atoms. The number of hydrogen-bond donors (Lipinski definition) is 0. The molecule has 0 aliphatic rings. The second-order valence-corrected chi connectivity index (χ2v) is 4.52. The first kappa shape index (κ1) is 16.1. The monoisotopic (exact) mass is 236 g/mol. The number of rotatable bonds is 12. The molecule has 0 fully saturated rings. The van der Waals surface area contributed by atoms with Crippen LogP contribution in [-0.2, 0) is 4.79 Å². The van der Waals surface area contributed by atoms with Gasteiger partial charge in [-0.15, -0.1) is 0 Å². The zero-order valence-electron chi connectivity index (χ0n) is 11.4. The Morgan fingerprint density at radius 2 is 1.24 bits per heavy atom. The van der Waals surface area contributed by atoms with Crippen LogP contribution in [0.2, 0.25) is 0 Å². The maximum atomic E-state index is 10.0. The van der Waals surface area contributed by atoms with E-state index in [1.165, 1.54) is 57.8 Å². The number of unbranched alkanes of at least 4 members (excludes halogenated alkanes) is 8. The quantitative estimate of drug-likeness (QED) is 0.196. The minimum atomic E-state index is 0.853. The van der Waals surface area contributed by atoms with Gasteiger partial charge in [0.05, 0.1) is 0 Å². The van der Waals surface area contributed by atoms with Crippen LogP contribution in [0.1, 0.15) is 71.1 Å². The minimum absolute atomic E-state index is 0.853. The molecule has 0 N–H and O–H groups in total. The summed E-state index contributed by atoms with van der Waals surface area (Å²) in [5, 5.41) is 0. The van der Waals surface area contributed by atoms with Crippen LogP contribution in [0.5, 0.6) is 0 Å². The first-order chi connectivity index (χ1) is 8.41. The molecule has 1 nitrogen and oxygen atoms in total. The summed E-state index contributed by atoms with van der Waals surface area (Å²) in [6.45, 7) is 2.22. The third-order valence-corrected chi connectivity index (χ3v) is 2.83. The van der Waals surface area contributed by atoms with Crippen LogP contribution in [0.3, 0.4) is 0 Å². The van der Waals surface area contributed by atoms with Gasteiger partial charge in [-0.1, -0.05) is 57.3 Å². The van der Waals surface area contributed by atoms with Crippen molar-refractivity contribution in [2.24, 2.45) is 0 Å². The van der Waals surface area contributed by atoms with Gasteiger partial charge in [0.15, 0.2) is 0 Å². The highest BCUT2D eigenvalue weighted by Crippen LogP contribution is 2.09. The molecule has 0 radical (unpaired) electrons. The van der Waals surface area contributed by atoms with Crippen molar-refractivity contribution < 1.29 is 4.79 Å². The Morgan fingerprint density at radius 1 is 0.706 bits per heavy atom. The maximum absolute atomic E-state index is 10.0. The van der Waals surface area contributed by atoms with Gasteiger partial charge in [-0.05, 0) is 38.2 Å². The topological polar surface area (TPSA) is 17.1 Å². The Kier molecular flexibility index (Phi) is 14.4. The second kappa shape index (κ2) is 15.1. The Labute approximate surface area is 107 Å². The molecule has 0 bridgehead atoms. The van der Waals surface area contributed by atoms with Crippen molar-refractivity contribution in [1.29, 1.82) is 0 Å². The van der Waals surface area contributed by atoms with Crippen molar-refractivity contribution in [1.82, 2.24) is 0 Å². The molecule has 1 heteroatoms. The van der Waals surface area contributed by atoms with Gasteiger partial charge in [-0.2, -0.15) is 0 Å². The van der Waals surface area contributed by atoms with Gasteiger partial charge < -0.3 is 0 Å². The lowest BCUT2D eigenvalue weighted by atomic mass is 10.1. The molecule has 0 aromatic rings. The number of aldehydes is 1. The predicted molar refractivity (Wildman–Crippen MR) is 76.2 cm³/mol. The largest absolute Gasteiger partial charge is 0.299 e. The minimum Gasteiger partial charge on any atom is -0.299 e. The van der Waals surface area contributed by atoms with Crippen LogP contribution < -0.4 is 0 Å². The summed E-state index contributed by atoms with van der Waals surface area (Å²) >= 11 is 0. The summed E-state index contributed by atoms with van der Waals surface area (Å²) in [6.07, 6.45) is 21.8. The third-order valence-electron chi connectivity index (χ3n) is 2.83.